The zero-order chi connectivity index (χ0) is 20.0. The third-order valence-corrected chi connectivity index (χ3v) is 5.71. The lowest BCUT2D eigenvalue weighted by molar-refractivity contribution is -0.904. The normalized spacial score (nSPS) is 11.6. The Labute approximate surface area is 193 Å². The van der Waals surface area contributed by atoms with Crippen LogP contribution in [0.2, 0.25) is 5.02 Å². The molecule has 0 aliphatic rings. The molecule has 0 aliphatic heterocycles. The lowest BCUT2D eigenvalue weighted by Gasteiger charge is -2.28. The van der Waals surface area contributed by atoms with E-state index in [2.05, 4.69) is 56.0 Å². The van der Waals surface area contributed by atoms with Gasteiger partial charge >= 0.3 is 0 Å². The molecule has 0 N–H and O–H groups in total. The molecule has 0 atom stereocenters. The summed E-state index contributed by atoms with van der Waals surface area (Å²) < 4.78 is 13.4. The van der Waals surface area contributed by atoms with E-state index in [1.807, 2.05) is 19.1 Å². The topological polar surface area (TPSA) is 22.4 Å². The van der Waals surface area contributed by atoms with Crippen molar-refractivity contribution in [3.8, 4) is 5.75 Å². The Hall–Kier alpha value is -0.490. The molecule has 158 valence electrons. The Bertz CT molecular complexity index is 744. The highest BCUT2D eigenvalue weighted by atomic mass is 79.9. The van der Waals surface area contributed by atoms with Gasteiger partial charge in [0.1, 0.15) is 12.3 Å². The van der Waals surface area contributed by atoms with Crippen LogP contribution in [0.4, 0.5) is 0 Å². The van der Waals surface area contributed by atoms with Crippen LogP contribution in [0.1, 0.15) is 55.9 Å². The third-order valence-electron chi connectivity index (χ3n) is 4.81. The van der Waals surface area contributed by atoms with Gasteiger partial charge in [0.05, 0.1) is 32.3 Å². The summed E-state index contributed by atoms with van der Waals surface area (Å²) in [6.45, 7) is 9.09. The molecule has 1 heterocycles. The molecule has 28 heavy (non-hydrogen) atoms. The minimum atomic E-state index is 0. The zero-order valence-corrected chi connectivity index (χ0v) is 21.5. The van der Waals surface area contributed by atoms with Gasteiger partial charge in [-0.25, -0.2) is 0 Å². The van der Waals surface area contributed by atoms with Gasteiger partial charge in [0.2, 0.25) is 0 Å². The van der Waals surface area contributed by atoms with Gasteiger partial charge in [0, 0.05) is 0 Å². The van der Waals surface area contributed by atoms with Crippen molar-refractivity contribution in [1.82, 2.24) is 0 Å². The summed E-state index contributed by atoms with van der Waals surface area (Å²) in [6.07, 6.45) is 3.34. The van der Waals surface area contributed by atoms with Crippen molar-refractivity contribution < 1.29 is 30.6 Å². The van der Waals surface area contributed by atoms with Gasteiger partial charge in [-0.15, -0.1) is 0 Å². The predicted octanol–water partition coefficient (Wildman–Crippen LogP) is 3.96. The molecule has 1 aromatic carbocycles. The highest BCUT2D eigenvalue weighted by Gasteiger charge is 2.18. The minimum absolute atomic E-state index is 0. The van der Waals surface area contributed by atoms with E-state index in [1.54, 1.807) is 0 Å². The summed E-state index contributed by atoms with van der Waals surface area (Å²) in [7, 11) is 4.49. The fourth-order valence-corrected chi connectivity index (χ4v) is 3.77. The summed E-state index contributed by atoms with van der Waals surface area (Å²) in [5.41, 5.74) is 2.26. The van der Waals surface area contributed by atoms with Gasteiger partial charge in [-0.1, -0.05) is 37.6 Å². The summed E-state index contributed by atoms with van der Waals surface area (Å²) in [5.74, 6) is 2.29. The van der Waals surface area contributed by atoms with Crippen LogP contribution in [-0.2, 0) is 6.54 Å². The van der Waals surface area contributed by atoms with Gasteiger partial charge in [-0.2, -0.15) is 0 Å². The number of unbranched alkanes of at least 4 members (excludes halogenated alkanes) is 2. The number of aryl methyl sites for hydroxylation is 1. The summed E-state index contributed by atoms with van der Waals surface area (Å²) in [4.78, 5) is 0. The van der Waals surface area contributed by atoms with Crippen LogP contribution in [0.5, 0.6) is 5.75 Å². The first-order valence-corrected chi connectivity index (χ1v) is 10.8. The molecule has 0 amide bonds. The van der Waals surface area contributed by atoms with Crippen molar-refractivity contribution in [2.75, 3.05) is 27.2 Å². The average Bonchev–Trinajstić information content (AvgIpc) is 2.98. The van der Waals surface area contributed by atoms with E-state index in [0.717, 1.165) is 63.6 Å². The van der Waals surface area contributed by atoms with E-state index in [0.29, 0.717) is 12.5 Å². The molecular weight excluding hydrogens is 506 g/mol. The third kappa shape index (κ3) is 7.74. The fraction of sp³-hybridized carbons (Fsp3) is 0.545. The van der Waals surface area contributed by atoms with Gasteiger partial charge < -0.3 is 30.6 Å². The molecule has 0 saturated heterocycles. The molecule has 2 aromatic rings. The number of ether oxygens (including phenoxy) is 1. The smallest absolute Gasteiger partial charge is 0.169 e. The monoisotopic (exact) mass is 535 g/mol. The minimum Gasteiger partial charge on any atom is -1.00 e. The second-order valence-corrected chi connectivity index (χ2v) is 9.36. The average molecular weight is 538 g/mol. The first-order valence-electron chi connectivity index (χ1n) is 9.67. The van der Waals surface area contributed by atoms with Crippen molar-refractivity contribution in [2.24, 2.45) is 0 Å². The molecule has 2 rings (SSSR count). The van der Waals surface area contributed by atoms with Gasteiger partial charge in [-0.05, 0) is 71.3 Å². The van der Waals surface area contributed by atoms with Crippen LogP contribution >= 0.6 is 27.5 Å². The zero-order valence-electron chi connectivity index (χ0n) is 17.5. The van der Waals surface area contributed by atoms with Crippen molar-refractivity contribution in [2.45, 2.75) is 52.5 Å². The number of rotatable bonds is 10. The summed E-state index contributed by atoms with van der Waals surface area (Å²) in [5, 5.41) is 0.753. The van der Waals surface area contributed by atoms with E-state index < -0.39 is 0 Å². The molecule has 0 spiro atoms. The Balaban J connectivity index is 0.00000392. The molecule has 0 radical (unpaired) electrons. The summed E-state index contributed by atoms with van der Waals surface area (Å²) >= 11 is 9.85. The molecule has 6 heteroatoms. The number of quaternary nitrogens is 1. The van der Waals surface area contributed by atoms with Gasteiger partial charge in [-0.3, -0.25) is 0 Å². The molecule has 3 nitrogen and oxygen atoms in total. The molecule has 1 aromatic heterocycles. The maximum atomic E-state index is 6.48. The van der Waals surface area contributed by atoms with Crippen molar-refractivity contribution in [1.29, 1.82) is 0 Å². The van der Waals surface area contributed by atoms with Crippen LogP contribution in [0.15, 0.2) is 33.4 Å². The number of hydrogen-bond acceptors (Lipinski definition) is 2. The first-order chi connectivity index (χ1) is 12.7. The standard InChI is InChI=1S/C22H32BrClNO2.BrH/c1-16(2)19-11-9-17(3)21(24)22(19)26-14-8-6-7-13-25(4,5)15-18-10-12-20(23)27-18;/h9-12,16H,6-8,13-15H2,1-5H3;1H/q+1;/p-1. The van der Waals surface area contributed by atoms with Crippen LogP contribution in [0.3, 0.4) is 0 Å². The van der Waals surface area contributed by atoms with E-state index in [1.165, 1.54) is 5.56 Å². The second kappa shape index (κ2) is 11.6. The predicted molar refractivity (Wildman–Crippen MR) is 117 cm³/mol. The Morgan fingerprint density at radius 2 is 1.82 bits per heavy atom. The van der Waals surface area contributed by atoms with Crippen molar-refractivity contribution in [3.63, 3.8) is 0 Å². The van der Waals surface area contributed by atoms with E-state index >= 15 is 0 Å². The number of benzene rings is 1. The molecule has 0 fully saturated rings. The Morgan fingerprint density at radius 1 is 1.11 bits per heavy atom. The number of halogens is 3. The molecule has 0 bridgehead atoms. The highest BCUT2D eigenvalue weighted by Crippen LogP contribution is 2.36. The Morgan fingerprint density at radius 3 is 2.43 bits per heavy atom. The highest BCUT2D eigenvalue weighted by molar-refractivity contribution is 9.10. The SMILES string of the molecule is Cc1ccc(C(C)C)c(OCCCCC[N+](C)(C)Cc2ccc(Br)o2)c1Cl.[Br-]. The van der Waals surface area contributed by atoms with Crippen LogP contribution < -0.4 is 21.7 Å². The quantitative estimate of drug-likeness (QED) is 0.338. The van der Waals surface area contributed by atoms with E-state index in [4.69, 9.17) is 20.8 Å². The fourth-order valence-electron chi connectivity index (χ4n) is 3.20. The molecule has 0 saturated carbocycles. The number of nitrogens with zero attached hydrogens (tertiary/aromatic N) is 1. The largest absolute Gasteiger partial charge is 1.00 e. The Kier molecular flexibility index (Phi) is 10.6. The second-order valence-electron chi connectivity index (χ2n) is 8.20. The van der Waals surface area contributed by atoms with Gasteiger partial charge in [0.25, 0.3) is 0 Å². The molecule has 0 aliphatic carbocycles. The van der Waals surface area contributed by atoms with E-state index in [-0.39, 0.29) is 17.0 Å². The van der Waals surface area contributed by atoms with Crippen LogP contribution in [0, 0.1) is 6.92 Å². The number of hydrogen-bond donors (Lipinski definition) is 0. The van der Waals surface area contributed by atoms with Crippen molar-refractivity contribution in [3.05, 3.63) is 50.8 Å². The van der Waals surface area contributed by atoms with Gasteiger partial charge in [0.15, 0.2) is 10.4 Å². The number of furan rings is 1. The van der Waals surface area contributed by atoms with Crippen LogP contribution in [-0.4, -0.2) is 31.7 Å². The lowest BCUT2D eigenvalue weighted by Crippen LogP contribution is -3.00. The maximum Gasteiger partial charge on any atom is 0.169 e. The molecular formula is C22H32Br2ClNO2. The van der Waals surface area contributed by atoms with E-state index in [9.17, 15) is 0 Å². The van der Waals surface area contributed by atoms with Crippen molar-refractivity contribution >= 4 is 27.5 Å². The summed E-state index contributed by atoms with van der Waals surface area (Å²) in [6, 6.07) is 8.20. The first kappa shape index (κ1) is 25.5. The maximum absolute atomic E-state index is 6.48. The van der Waals surface area contributed by atoms with Crippen LogP contribution in [0.25, 0.3) is 0 Å². The molecule has 0 unspecified atom stereocenters. The lowest BCUT2D eigenvalue weighted by atomic mass is 10.0.